The number of hydrogen-bond acceptors (Lipinski definition) is 2. The summed E-state index contributed by atoms with van der Waals surface area (Å²) in [6.07, 6.45) is 3.83. The van der Waals surface area contributed by atoms with Crippen LogP contribution in [-0.2, 0) is 17.8 Å². The number of amides is 1. The van der Waals surface area contributed by atoms with E-state index in [2.05, 4.69) is 5.32 Å². The molecule has 0 atom stereocenters. The molecular formula is C17H17NO2. The van der Waals surface area contributed by atoms with Gasteiger partial charge in [-0.1, -0.05) is 66.7 Å². The van der Waals surface area contributed by atoms with Gasteiger partial charge in [0.1, 0.15) is 6.61 Å². The van der Waals surface area contributed by atoms with Crippen LogP contribution in [0.4, 0.5) is 4.79 Å². The van der Waals surface area contributed by atoms with E-state index in [0.717, 1.165) is 12.0 Å². The molecule has 0 radical (unpaired) electrons. The predicted octanol–water partition coefficient (Wildman–Crippen LogP) is 3.67. The first-order valence-corrected chi connectivity index (χ1v) is 6.51. The van der Waals surface area contributed by atoms with Gasteiger partial charge in [-0.3, -0.25) is 5.32 Å². The maximum atomic E-state index is 11.4. The highest BCUT2D eigenvalue weighted by Gasteiger charge is 1.99. The number of rotatable bonds is 5. The van der Waals surface area contributed by atoms with Crippen LogP contribution < -0.4 is 5.32 Å². The van der Waals surface area contributed by atoms with Crippen LogP contribution in [0, 0.1) is 0 Å². The topological polar surface area (TPSA) is 38.3 Å². The van der Waals surface area contributed by atoms with Crippen LogP contribution in [0.3, 0.4) is 0 Å². The van der Waals surface area contributed by atoms with Gasteiger partial charge in [0.25, 0.3) is 0 Å². The summed E-state index contributed by atoms with van der Waals surface area (Å²) in [6.45, 7) is 0.277. The molecular weight excluding hydrogens is 250 g/mol. The fourth-order valence-electron chi connectivity index (χ4n) is 1.70. The Hall–Kier alpha value is -2.55. The number of alkyl carbamates (subject to hydrolysis) is 1. The van der Waals surface area contributed by atoms with E-state index >= 15 is 0 Å². The SMILES string of the molecule is O=C(N/C=C\Cc1ccccc1)OCc1ccccc1. The Balaban J connectivity index is 1.67. The number of ether oxygens (including phenoxy) is 1. The van der Waals surface area contributed by atoms with Crippen molar-refractivity contribution in [3.8, 4) is 0 Å². The number of carbonyl (C=O) groups is 1. The molecule has 0 bridgehead atoms. The Morgan fingerprint density at radius 1 is 0.950 bits per heavy atom. The van der Waals surface area contributed by atoms with Crippen molar-refractivity contribution in [2.75, 3.05) is 0 Å². The zero-order chi connectivity index (χ0) is 14.0. The van der Waals surface area contributed by atoms with Crippen LogP contribution >= 0.6 is 0 Å². The molecule has 2 rings (SSSR count). The second-order valence-electron chi connectivity index (χ2n) is 4.30. The number of benzene rings is 2. The first-order valence-electron chi connectivity index (χ1n) is 6.51. The molecule has 20 heavy (non-hydrogen) atoms. The van der Waals surface area contributed by atoms with Crippen LogP contribution in [-0.4, -0.2) is 6.09 Å². The first kappa shape index (κ1) is 13.9. The number of carbonyl (C=O) groups excluding carboxylic acids is 1. The van der Waals surface area contributed by atoms with E-state index in [1.165, 1.54) is 5.56 Å². The molecule has 0 saturated heterocycles. The molecule has 1 amide bonds. The lowest BCUT2D eigenvalue weighted by Crippen LogP contribution is -2.18. The third-order valence-electron chi connectivity index (χ3n) is 2.73. The second kappa shape index (κ2) is 7.79. The minimum atomic E-state index is -0.446. The lowest BCUT2D eigenvalue weighted by Gasteiger charge is -2.03. The molecule has 0 aliphatic rings. The molecule has 0 unspecified atom stereocenters. The third-order valence-corrected chi connectivity index (χ3v) is 2.73. The molecule has 0 aliphatic carbocycles. The van der Waals surface area contributed by atoms with Crippen LogP contribution in [0.15, 0.2) is 72.9 Å². The van der Waals surface area contributed by atoms with E-state index in [4.69, 9.17) is 4.74 Å². The van der Waals surface area contributed by atoms with Crippen LogP contribution in [0.25, 0.3) is 0 Å². The normalized spacial score (nSPS) is 10.4. The summed E-state index contributed by atoms with van der Waals surface area (Å²) >= 11 is 0. The van der Waals surface area contributed by atoms with E-state index in [1.54, 1.807) is 6.20 Å². The summed E-state index contributed by atoms with van der Waals surface area (Å²) < 4.78 is 5.08. The minimum absolute atomic E-state index is 0.277. The average molecular weight is 267 g/mol. The summed E-state index contributed by atoms with van der Waals surface area (Å²) in [5.74, 6) is 0. The molecule has 3 nitrogen and oxygen atoms in total. The molecule has 0 aliphatic heterocycles. The van der Waals surface area contributed by atoms with Gasteiger partial charge in [0.15, 0.2) is 0 Å². The quantitative estimate of drug-likeness (QED) is 0.897. The van der Waals surface area contributed by atoms with Gasteiger partial charge in [-0.2, -0.15) is 0 Å². The fraction of sp³-hybridized carbons (Fsp3) is 0.118. The molecule has 3 heteroatoms. The predicted molar refractivity (Wildman–Crippen MR) is 79.0 cm³/mol. The smallest absolute Gasteiger partial charge is 0.411 e. The monoisotopic (exact) mass is 267 g/mol. The molecule has 0 spiro atoms. The average Bonchev–Trinajstić information content (AvgIpc) is 2.52. The third kappa shape index (κ3) is 4.98. The highest BCUT2D eigenvalue weighted by Crippen LogP contribution is 2.01. The largest absolute Gasteiger partial charge is 0.444 e. The fourth-order valence-corrected chi connectivity index (χ4v) is 1.70. The molecule has 2 aromatic carbocycles. The Labute approximate surface area is 118 Å². The van der Waals surface area contributed by atoms with E-state index in [-0.39, 0.29) is 6.61 Å². The van der Waals surface area contributed by atoms with Crippen molar-refractivity contribution in [1.29, 1.82) is 0 Å². The van der Waals surface area contributed by atoms with E-state index in [1.807, 2.05) is 66.7 Å². The van der Waals surface area contributed by atoms with Crippen LogP contribution in [0.1, 0.15) is 11.1 Å². The van der Waals surface area contributed by atoms with Gasteiger partial charge in [0.2, 0.25) is 0 Å². The van der Waals surface area contributed by atoms with Crippen molar-refractivity contribution in [2.45, 2.75) is 13.0 Å². The van der Waals surface area contributed by atoms with E-state index < -0.39 is 6.09 Å². The van der Waals surface area contributed by atoms with Gasteiger partial charge in [-0.25, -0.2) is 4.79 Å². The Morgan fingerprint density at radius 3 is 2.20 bits per heavy atom. The van der Waals surface area contributed by atoms with Gasteiger partial charge in [-0.05, 0) is 17.5 Å². The Bertz CT molecular complexity index is 550. The summed E-state index contributed by atoms with van der Waals surface area (Å²) in [6, 6.07) is 19.6. The van der Waals surface area contributed by atoms with Crippen molar-refractivity contribution in [1.82, 2.24) is 5.32 Å². The van der Waals surface area contributed by atoms with Gasteiger partial charge in [0, 0.05) is 6.20 Å². The van der Waals surface area contributed by atoms with Gasteiger partial charge in [-0.15, -0.1) is 0 Å². The van der Waals surface area contributed by atoms with Gasteiger partial charge in [0.05, 0.1) is 0 Å². The second-order valence-corrected chi connectivity index (χ2v) is 4.30. The Morgan fingerprint density at radius 2 is 1.55 bits per heavy atom. The molecule has 0 heterocycles. The summed E-state index contributed by atoms with van der Waals surface area (Å²) in [7, 11) is 0. The van der Waals surface area contributed by atoms with Crippen molar-refractivity contribution in [2.24, 2.45) is 0 Å². The van der Waals surface area contributed by atoms with Crippen LogP contribution in [0.5, 0.6) is 0 Å². The van der Waals surface area contributed by atoms with Gasteiger partial charge >= 0.3 is 6.09 Å². The number of allylic oxidation sites excluding steroid dienone is 1. The number of hydrogen-bond donors (Lipinski definition) is 1. The van der Waals surface area contributed by atoms with Crippen LogP contribution in [0.2, 0.25) is 0 Å². The first-order chi connectivity index (χ1) is 9.84. The standard InChI is InChI=1S/C17H17NO2/c19-17(20-14-16-10-5-2-6-11-16)18-13-7-12-15-8-3-1-4-9-15/h1-11,13H,12,14H2,(H,18,19)/b13-7-. The molecule has 1 N–H and O–H groups in total. The number of nitrogens with one attached hydrogen (secondary N) is 1. The molecule has 0 fully saturated rings. The maximum Gasteiger partial charge on any atom is 0.411 e. The zero-order valence-corrected chi connectivity index (χ0v) is 11.2. The van der Waals surface area contributed by atoms with E-state index in [0.29, 0.717) is 0 Å². The molecule has 102 valence electrons. The zero-order valence-electron chi connectivity index (χ0n) is 11.2. The lowest BCUT2D eigenvalue weighted by molar-refractivity contribution is 0.143. The lowest BCUT2D eigenvalue weighted by atomic mass is 10.1. The molecule has 0 saturated carbocycles. The van der Waals surface area contributed by atoms with Crippen molar-refractivity contribution in [3.05, 3.63) is 84.1 Å². The molecule has 2 aromatic rings. The van der Waals surface area contributed by atoms with Crippen molar-refractivity contribution in [3.63, 3.8) is 0 Å². The highest BCUT2D eigenvalue weighted by atomic mass is 16.5. The maximum absolute atomic E-state index is 11.4. The summed E-state index contributed by atoms with van der Waals surface area (Å²) in [5.41, 5.74) is 2.17. The molecule has 0 aromatic heterocycles. The van der Waals surface area contributed by atoms with Crippen molar-refractivity contribution >= 4 is 6.09 Å². The van der Waals surface area contributed by atoms with Crippen molar-refractivity contribution < 1.29 is 9.53 Å². The summed E-state index contributed by atoms with van der Waals surface area (Å²) in [4.78, 5) is 11.4. The minimum Gasteiger partial charge on any atom is -0.444 e. The van der Waals surface area contributed by atoms with Gasteiger partial charge < -0.3 is 4.74 Å². The summed E-state index contributed by atoms with van der Waals surface area (Å²) in [5, 5.41) is 2.58. The Kier molecular flexibility index (Phi) is 5.40. The highest BCUT2D eigenvalue weighted by molar-refractivity contribution is 5.68. The van der Waals surface area contributed by atoms with E-state index in [9.17, 15) is 4.79 Å².